The van der Waals surface area contributed by atoms with E-state index in [0.717, 1.165) is 22.2 Å². The Morgan fingerprint density at radius 2 is 2.07 bits per heavy atom. The minimum atomic E-state index is -0.525. The zero-order chi connectivity index (χ0) is 10.1. The van der Waals surface area contributed by atoms with Crippen LogP contribution in [0.1, 0.15) is 17.3 Å². The molecule has 4 heteroatoms. The van der Waals surface area contributed by atoms with Gasteiger partial charge in [0.15, 0.2) is 0 Å². The lowest BCUT2D eigenvalue weighted by Crippen LogP contribution is -2.12. The summed E-state index contributed by atoms with van der Waals surface area (Å²) in [5, 5.41) is 1.02. The van der Waals surface area contributed by atoms with Crippen LogP contribution in [0.25, 0.3) is 10.9 Å². The van der Waals surface area contributed by atoms with Crippen molar-refractivity contribution in [1.29, 1.82) is 0 Å². The molecule has 0 saturated heterocycles. The Morgan fingerprint density at radius 1 is 1.40 bits per heavy atom. The fourth-order valence-corrected chi connectivity index (χ4v) is 1.85. The van der Waals surface area contributed by atoms with Crippen molar-refractivity contribution >= 4 is 23.3 Å². The minimum absolute atomic E-state index is 0. The number of fused-ring (bicyclic) bond motifs is 1. The maximum Gasteiger partial charge on any atom is 0.109 e. The molecule has 2 rings (SSSR count). The molecule has 3 N–H and O–H groups in total. The Morgan fingerprint density at radius 3 is 2.73 bits per heavy atom. The molecule has 1 aromatic carbocycles. The van der Waals surface area contributed by atoms with Crippen molar-refractivity contribution in [3.8, 4) is 0 Å². The van der Waals surface area contributed by atoms with E-state index in [2.05, 4.69) is 4.98 Å². The Hall–Kier alpha value is -1.06. The Bertz CT molecular complexity index is 453. The number of benzene rings is 1. The highest BCUT2D eigenvalue weighted by Crippen LogP contribution is 2.26. The van der Waals surface area contributed by atoms with Crippen LogP contribution in [0.5, 0.6) is 0 Å². The number of alkyl halides is 1. The van der Waals surface area contributed by atoms with E-state index in [1.54, 1.807) is 0 Å². The fraction of sp³-hybridized carbons (Fsp3) is 0.273. The Labute approximate surface area is 94.1 Å². The molecule has 0 radical (unpaired) electrons. The van der Waals surface area contributed by atoms with Gasteiger partial charge in [0.2, 0.25) is 0 Å². The number of aryl methyl sites for hydroxylation is 1. The minimum Gasteiger partial charge on any atom is -0.358 e. The monoisotopic (exact) mass is 228 g/mol. The third kappa shape index (κ3) is 1.98. The topological polar surface area (TPSA) is 41.8 Å². The number of nitrogens with one attached hydrogen (secondary N) is 1. The molecule has 2 nitrogen and oxygen atoms in total. The molecule has 0 aliphatic rings. The molecular weight excluding hydrogens is 215 g/mol. The van der Waals surface area contributed by atoms with Crippen molar-refractivity contribution in [2.24, 2.45) is 5.73 Å². The summed E-state index contributed by atoms with van der Waals surface area (Å²) in [6.07, 6.45) is 0. The normalized spacial score (nSPS) is 12.5. The van der Waals surface area contributed by atoms with Crippen molar-refractivity contribution in [2.45, 2.75) is 13.0 Å². The SMILES string of the molecule is Cc1[nH]c2ccccc2c1[C@H](N)CF.Cl. The van der Waals surface area contributed by atoms with Gasteiger partial charge in [-0.2, -0.15) is 0 Å². The van der Waals surface area contributed by atoms with Crippen LogP contribution in [-0.2, 0) is 0 Å². The van der Waals surface area contributed by atoms with Crippen LogP contribution in [0.3, 0.4) is 0 Å². The third-order valence-electron chi connectivity index (χ3n) is 2.48. The van der Waals surface area contributed by atoms with Crippen LogP contribution >= 0.6 is 12.4 Å². The average Bonchev–Trinajstić information content (AvgIpc) is 2.53. The van der Waals surface area contributed by atoms with Gasteiger partial charge in [-0.1, -0.05) is 18.2 Å². The second-order valence-corrected chi connectivity index (χ2v) is 3.47. The highest BCUT2D eigenvalue weighted by molar-refractivity contribution is 5.85. The summed E-state index contributed by atoms with van der Waals surface area (Å²) in [5.41, 5.74) is 8.57. The first-order chi connectivity index (χ1) is 6.74. The van der Waals surface area contributed by atoms with E-state index in [1.165, 1.54) is 0 Å². The van der Waals surface area contributed by atoms with Crippen LogP contribution in [-0.4, -0.2) is 11.7 Å². The lowest BCUT2D eigenvalue weighted by atomic mass is 10.1. The van der Waals surface area contributed by atoms with E-state index in [4.69, 9.17) is 5.73 Å². The molecule has 0 bridgehead atoms. The molecule has 82 valence electrons. The molecule has 0 aliphatic carbocycles. The predicted octanol–water partition coefficient (Wildman–Crippen LogP) is 2.87. The second kappa shape index (κ2) is 4.64. The van der Waals surface area contributed by atoms with E-state index in [1.807, 2.05) is 31.2 Å². The largest absolute Gasteiger partial charge is 0.358 e. The lowest BCUT2D eigenvalue weighted by Gasteiger charge is -2.06. The molecule has 15 heavy (non-hydrogen) atoms. The second-order valence-electron chi connectivity index (χ2n) is 3.47. The van der Waals surface area contributed by atoms with Gasteiger partial charge >= 0.3 is 0 Å². The summed E-state index contributed by atoms with van der Waals surface area (Å²) in [7, 11) is 0. The molecule has 1 heterocycles. The number of hydrogen-bond acceptors (Lipinski definition) is 1. The molecule has 2 aromatic rings. The molecule has 0 amide bonds. The van der Waals surface area contributed by atoms with E-state index in [9.17, 15) is 4.39 Å². The summed E-state index contributed by atoms with van der Waals surface area (Å²) in [6.45, 7) is 1.40. The third-order valence-corrected chi connectivity index (χ3v) is 2.48. The number of nitrogens with two attached hydrogens (primary N) is 1. The van der Waals surface area contributed by atoms with E-state index < -0.39 is 12.7 Å². The number of hydrogen-bond donors (Lipinski definition) is 2. The Balaban J connectivity index is 0.00000112. The smallest absolute Gasteiger partial charge is 0.109 e. The van der Waals surface area contributed by atoms with Gasteiger partial charge in [-0.05, 0) is 18.6 Å². The van der Waals surface area contributed by atoms with Crippen LogP contribution < -0.4 is 5.73 Å². The predicted molar refractivity (Wildman–Crippen MR) is 63.2 cm³/mol. The van der Waals surface area contributed by atoms with Gasteiger partial charge in [0.1, 0.15) is 6.67 Å². The van der Waals surface area contributed by atoms with E-state index >= 15 is 0 Å². The van der Waals surface area contributed by atoms with E-state index in [-0.39, 0.29) is 12.4 Å². The fourth-order valence-electron chi connectivity index (χ4n) is 1.85. The quantitative estimate of drug-likeness (QED) is 0.816. The van der Waals surface area contributed by atoms with Crippen LogP contribution in [0.15, 0.2) is 24.3 Å². The number of rotatable bonds is 2. The summed E-state index contributed by atoms with van der Waals surface area (Å²) < 4.78 is 12.5. The maximum absolute atomic E-state index is 12.5. The Kier molecular flexibility index (Phi) is 3.72. The van der Waals surface area contributed by atoms with E-state index in [0.29, 0.717) is 0 Å². The van der Waals surface area contributed by atoms with Crippen molar-refractivity contribution in [2.75, 3.05) is 6.67 Å². The molecule has 0 unspecified atom stereocenters. The first kappa shape index (κ1) is 12.0. The van der Waals surface area contributed by atoms with Gasteiger partial charge < -0.3 is 10.7 Å². The summed E-state index contributed by atoms with van der Waals surface area (Å²) in [4.78, 5) is 3.20. The van der Waals surface area contributed by atoms with Gasteiger partial charge in [-0.3, -0.25) is 0 Å². The number of H-pyrrole nitrogens is 1. The zero-order valence-electron chi connectivity index (χ0n) is 8.46. The zero-order valence-corrected chi connectivity index (χ0v) is 9.27. The van der Waals surface area contributed by atoms with Crippen LogP contribution in [0.4, 0.5) is 4.39 Å². The molecule has 0 saturated carbocycles. The van der Waals surface area contributed by atoms with Crippen LogP contribution in [0, 0.1) is 6.92 Å². The summed E-state index contributed by atoms with van der Waals surface area (Å²) in [5.74, 6) is 0. The number of aromatic nitrogens is 1. The van der Waals surface area contributed by atoms with Crippen molar-refractivity contribution in [1.82, 2.24) is 4.98 Å². The average molecular weight is 229 g/mol. The van der Waals surface area contributed by atoms with Crippen LogP contribution in [0.2, 0.25) is 0 Å². The lowest BCUT2D eigenvalue weighted by molar-refractivity contribution is 0.437. The summed E-state index contributed by atoms with van der Waals surface area (Å²) in [6, 6.07) is 7.29. The number of aromatic amines is 1. The van der Waals surface area contributed by atoms with Gasteiger partial charge in [0.25, 0.3) is 0 Å². The van der Waals surface area contributed by atoms with Crippen molar-refractivity contribution in [3.63, 3.8) is 0 Å². The molecule has 1 aromatic heterocycles. The van der Waals surface area contributed by atoms with Crippen molar-refractivity contribution < 1.29 is 4.39 Å². The maximum atomic E-state index is 12.5. The first-order valence-electron chi connectivity index (χ1n) is 4.62. The van der Waals surface area contributed by atoms with Gasteiger partial charge in [0, 0.05) is 16.6 Å². The molecule has 0 spiro atoms. The van der Waals surface area contributed by atoms with Gasteiger partial charge in [-0.25, -0.2) is 4.39 Å². The van der Waals surface area contributed by atoms with Gasteiger partial charge in [0.05, 0.1) is 6.04 Å². The standard InChI is InChI=1S/C11H13FN2.ClH/c1-7-11(9(13)6-12)8-4-2-3-5-10(8)14-7;/h2-5,9,14H,6,13H2,1H3;1H/t9-;/m1./s1. The molecule has 0 aliphatic heterocycles. The number of para-hydroxylation sites is 1. The summed E-state index contributed by atoms with van der Waals surface area (Å²) >= 11 is 0. The number of halogens is 2. The van der Waals surface area contributed by atoms with Crippen molar-refractivity contribution in [3.05, 3.63) is 35.5 Å². The van der Waals surface area contributed by atoms with Gasteiger partial charge in [-0.15, -0.1) is 12.4 Å². The molecule has 1 atom stereocenters. The highest BCUT2D eigenvalue weighted by Gasteiger charge is 2.14. The highest BCUT2D eigenvalue weighted by atomic mass is 35.5. The molecular formula is C11H14ClFN2. The first-order valence-corrected chi connectivity index (χ1v) is 4.62. The molecule has 0 fully saturated rings.